The van der Waals surface area contributed by atoms with Crippen LogP contribution in [0.25, 0.3) is 0 Å². The third kappa shape index (κ3) is 3.28. The molecule has 1 amide bonds. The second-order valence-corrected chi connectivity index (χ2v) is 5.99. The minimum atomic E-state index is -0.262. The van der Waals surface area contributed by atoms with Crippen LogP contribution in [0.3, 0.4) is 0 Å². The molecule has 2 unspecified atom stereocenters. The van der Waals surface area contributed by atoms with Gasteiger partial charge in [-0.05, 0) is 31.0 Å². The molecule has 1 aromatic rings. The number of amides is 1. The lowest BCUT2D eigenvalue weighted by Crippen LogP contribution is -2.31. The lowest BCUT2D eigenvalue weighted by atomic mass is 10.2. The molecule has 1 fully saturated rings. The van der Waals surface area contributed by atoms with E-state index in [1.54, 1.807) is 24.9 Å². The number of nitrogens with zero attached hydrogens (tertiary/aromatic N) is 1. The lowest BCUT2D eigenvalue weighted by Gasteiger charge is -2.24. The monoisotopic (exact) mass is 283 g/mol. The van der Waals surface area contributed by atoms with Gasteiger partial charge in [-0.1, -0.05) is 12.1 Å². The molecule has 1 saturated heterocycles. The number of methoxy groups -OCH3 is 1. The van der Waals surface area contributed by atoms with E-state index < -0.39 is 0 Å². The Balaban J connectivity index is 2.15. The van der Waals surface area contributed by atoms with E-state index in [1.807, 2.05) is 17.9 Å². The summed E-state index contributed by atoms with van der Waals surface area (Å²) in [5.74, 6) is -0.141. The Morgan fingerprint density at radius 3 is 2.95 bits per heavy atom. The van der Waals surface area contributed by atoms with E-state index in [-0.39, 0.29) is 22.3 Å². The smallest absolute Gasteiger partial charge is 0.236 e. The number of benzene rings is 1. The zero-order valence-corrected chi connectivity index (χ0v) is 12.0. The number of ether oxygens (including phenoxy) is 1. The van der Waals surface area contributed by atoms with E-state index in [9.17, 15) is 9.18 Å². The van der Waals surface area contributed by atoms with E-state index in [4.69, 9.17) is 4.74 Å². The number of hydrogen-bond acceptors (Lipinski definition) is 3. The van der Waals surface area contributed by atoms with Crippen molar-refractivity contribution in [3.63, 3.8) is 0 Å². The number of hydrogen-bond donors (Lipinski definition) is 0. The van der Waals surface area contributed by atoms with Gasteiger partial charge >= 0.3 is 0 Å². The Labute approximate surface area is 117 Å². The Morgan fingerprint density at radius 2 is 2.26 bits per heavy atom. The summed E-state index contributed by atoms with van der Waals surface area (Å²) in [6.45, 7) is 3.17. The molecule has 1 heterocycles. The van der Waals surface area contributed by atoms with Crippen molar-refractivity contribution in [1.82, 2.24) is 4.90 Å². The van der Waals surface area contributed by atoms with Crippen LogP contribution in [-0.2, 0) is 9.53 Å². The Bertz CT molecular complexity index is 455. The highest BCUT2D eigenvalue weighted by atomic mass is 32.2. The maximum Gasteiger partial charge on any atom is 0.236 e. The van der Waals surface area contributed by atoms with Crippen LogP contribution in [0.2, 0.25) is 0 Å². The molecule has 2 rings (SSSR count). The molecule has 0 spiro atoms. The first kappa shape index (κ1) is 14.3. The van der Waals surface area contributed by atoms with Gasteiger partial charge in [0.2, 0.25) is 5.91 Å². The minimum absolute atomic E-state index is 0.0733. The lowest BCUT2D eigenvalue weighted by molar-refractivity contribution is -0.130. The van der Waals surface area contributed by atoms with Crippen molar-refractivity contribution in [2.45, 2.75) is 24.0 Å². The number of halogens is 1. The highest BCUT2D eigenvalue weighted by Gasteiger charge is 2.37. The Morgan fingerprint density at radius 1 is 1.47 bits per heavy atom. The van der Waals surface area contributed by atoms with Gasteiger partial charge in [-0.3, -0.25) is 4.79 Å². The van der Waals surface area contributed by atoms with Gasteiger partial charge in [0, 0.05) is 20.3 Å². The highest BCUT2D eigenvalue weighted by Crippen LogP contribution is 2.42. The molecule has 19 heavy (non-hydrogen) atoms. The fourth-order valence-electron chi connectivity index (χ4n) is 2.20. The number of thioether (sulfide) groups is 1. The second-order valence-electron chi connectivity index (χ2n) is 4.56. The van der Waals surface area contributed by atoms with Crippen LogP contribution in [0.15, 0.2) is 24.3 Å². The first-order chi connectivity index (χ1) is 9.13. The average Bonchev–Trinajstić information content (AvgIpc) is 2.67. The van der Waals surface area contributed by atoms with Crippen molar-refractivity contribution in [3.8, 4) is 0 Å². The summed E-state index contributed by atoms with van der Waals surface area (Å²) < 4.78 is 18.3. The van der Waals surface area contributed by atoms with E-state index in [0.717, 1.165) is 12.0 Å². The van der Waals surface area contributed by atoms with Gasteiger partial charge in [-0.2, -0.15) is 0 Å². The van der Waals surface area contributed by atoms with Crippen molar-refractivity contribution in [1.29, 1.82) is 0 Å². The normalized spacial score (nSPS) is 23.1. The molecule has 1 aliphatic rings. The Kier molecular flexibility index (Phi) is 4.82. The summed E-state index contributed by atoms with van der Waals surface area (Å²) in [5.41, 5.74) is 0.847. The van der Waals surface area contributed by atoms with Gasteiger partial charge in [0.15, 0.2) is 0 Å². The van der Waals surface area contributed by atoms with Gasteiger partial charge in [-0.25, -0.2) is 4.39 Å². The van der Waals surface area contributed by atoms with Gasteiger partial charge in [0.1, 0.15) is 11.2 Å². The molecule has 0 saturated carbocycles. The van der Waals surface area contributed by atoms with Crippen LogP contribution >= 0.6 is 11.8 Å². The fraction of sp³-hybridized carbons (Fsp3) is 0.500. The first-order valence-corrected chi connectivity index (χ1v) is 7.28. The Hall–Kier alpha value is -1.07. The zero-order chi connectivity index (χ0) is 13.8. The van der Waals surface area contributed by atoms with Gasteiger partial charge in [-0.15, -0.1) is 11.8 Å². The first-order valence-electron chi connectivity index (χ1n) is 6.34. The van der Waals surface area contributed by atoms with Crippen molar-refractivity contribution in [3.05, 3.63) is 35.6 Å². The van der Waals surface area contributed by atoms with Crippen LogP contribution in [0, 0.1) is 5.82 Å². The average molecular weight is 283 g/mol. The third-order valence-electron chi connectivity index (χ3n) is 3.13. The molecule has 1 aromatic carbocycles. The molecule has 0 bridgehead atoms. The van der Waals surface area contributed by atoms with E-state index in [1.165, 1.54) is 12.1 Å². The van der Waals surface area contributed by atoms with Crippen molar-refractivity contribution in [2.24, 2.45) is 0 Å². The van der Waals surface area contributed by atoms with Crippen LogP contribution < -0.4 is 0 Å². The van der Waals surface area contributed by atoms with Crippen LogP contribution in [0.5, 0.6) is 0 Å². The standard InChI is InChI=1S/C14H18FNO2S/c1-10-13(17)16(7-4-8-18-2)14(19-10)11-5-3-6-12(15)9-11/h3,5-6,9-10,14H,4,7-8H2,1-2H3. The van der Waals surface area contributed by atoms with E-state index in [2.05, 4.69) is 0 Å². The van der Waals surface area contributed by atoms with Gasteiger partial charge in [0.05, 0.1) is 5.25 Å². The van der Waals surface area contributed by atoms with Gasteiger partial charge in [0.25, 0.3) is 0 Å². The zero-order valence-electron chi connectivity index (χ0n) is 11.1. The summed E-state index contributed by atoms with van der Waals surface area (Å²) >= 11 is 1.57. The molecule has 104 valence electrons. The summed E-state index contributed by atoms with van der Waals surface area (Å²) in [6, 6.07) is 6.48. The van der Waals surface area contributed by atoms with Gasteiger partial charge < -0.3 is 9.64 Å². The van der Waals surface area contributed by atoms with Crippen LogP contribution in [-0.4, -0.2) is 36.3 Å². The predicted molar refractivity (Wildman–Crippen MR) is 74.4 cm³/mol. The second kappa shape index (κ2) is 6.39. The topological polar surface area (TPSA) is 29.5 Å². The third-order valence-corrected chi connectivity index (χ3v) is 4.52. The summed E-state index contributed by atoms with van der Waals surface area (Å²) in [5, 5.41) is -0.161. The van der Waals surface area contributed by atoms with Crippen molar-refractivity contribution < 1.29 is 13.9 Å². The maximum atomic E-state index is 13.3. The highest BCUT2D eigenvalue weighted by molar-refractivity contribution is 8.01. The van der Waals surface area contributed by atoms with Crippen LogP contribution in [0.4, 0.5) is 4.39 Å². The number of rotatable bonds is 5. The molecule has 5 heteroatoms. The molecule has 0 N–H and O–H groups in total. The number of carbonyl (C=O) groups excluding carboxylic acids is 1. The van der Waals surface area contributed by atoms with E-state index >= 15 is 0 Å². The summed E-state index contributed by atoms with van der Waals surface area (Å²) in [6.07, 6.45) is 0.793. The molecular formula is C14H18FNO2S. The molecule has 2 atom stereocenters. The molecule has 1 aliphatic heterocycles. The fourth-order valence-corrected chi connectivity index (χ4v) is 3.50. The number of carbonyl (C=O) groups is 1. The van der Waals surface area contributed by atoms with Crippen molar-refractivity contribution >= 4 is 17.7 Å². The molecule has 0 aromatic heterocycles. The summed E-state index contributed by atoms with van der Waals surface area (Å²) in [4.78, 5) is 14.0. The predicted octanol–water partition coefficient (Wildman–Crippen LogP) is 2.82. The van der Waals surface area contributed by atoms with Crippen molar-refractivity contribution in [2.75, 3.05) is 20.3 Å². The molecular weight excluding hydrogens is 265 g/mol. The van der Waals surface area contributed by atoms with Crippen LogP contribution in [0.1, 0.15) is 24.3 Å². The largest absolute Gasteiger partial charge is 0.385 e. The SMILES string of the molecule is COCCCN1C(=O)C(C)SC1c1cccc(F)c1. The summed E-state index contributed by atoms with van der Waals surface area (Å²) in [7, 11) is 1.65. The minimum Gasteiger partial charge on any atom is -0.385 e. The molecule has 0 radical (unpaired) electrons. The molecule has 3 nitrogen and oxygen atoms in total. The van der Waals surface area contributed by atoms with E-state index in [0.29, 0.717) is 13.2 Å². The molecule has 0 aliphatic carbocycles. The maximum absolute atomic E-state index is 13.3. The quantitative estimate of drug-likeness (QED) is 0.778.